The number of rotatable bonds is 7. The number of amides is 2. The number of anilines is 1. The van der Waals surface area contributed by atoms with Crippen LogP contribution in [0.15, 0.2) is 76.5 Å². The molecule has 0 atom stereocenters. The van der Waals surface area contributed by atoms with Crippen LogP contribution in [-0.2, 0) is 14.9 Å². The number of nitrogens with zero attached hydrogens (tertiary/aromatic N) is 2. The maximum atomic E-state index is 12.9. The standard InChI is InChI=1S/C23H15ClN2O8S2/c1-33-19-12-14(13-20-22(27)25(23(28)35-20)16-9-7-15(24)8-10-16)6-11-18(19)34-36(31,32)21-5-3-2-4-17(21)26(29)30/h2-13H,1H3/b20-13+. The summed E-state index contributed by atoms with van der Waals surface area (Å²) in [6.45, 7) is 0. The van der Waals surface area contributed by atoms with Crippen LogP contribution < -0.4 is 13.8 Å². The van der Waals surface area contributed by atoms with E-state index in [0.29, 0.717) is 16.3 Å². The van der Waals surface area contributed by atoms with Crippen molar-refractivity contribution in [2.75, 3.05) is 12.0 Å². The number of hydrogen-bond acceptors (Lipinski definition) is 9. The van der Waals surface area contributed by atoms with Gasteiger partial charge in [0.2, 0.25) is 0 Å². The molecule has 184 valence electrons. The molecule has 0 bridgehead atoms. The van der Waals surface area contributed by atoms with Gasteiger partial charge in [0, 0.05) is 11.1 Å². The number of halogens is 1. The summed E-state index contributed by atoms with van der Waals surface area (Å²) < 4.78 is 35.8. The van der Waals surface area contributed by atoms with Gasteiger partial charge in [-0.05, 0) is 65.9 Å². The lowest BCUT2D eigenvalue weighted by molar-refractivity contribution is -0.387. The van der Waals surface area contributed by atoms with Gasteiger partial charge in [-0.1, -0.05) is 29.8 Å². The number of methoxy groups -OCH3 is 1. The predicted octanol–water partition coefficient (Wildman–Crippen LogP) is 5.27. The molecular formula is C23H15ClN2O8S2. The number of para-hydroxylation sites is 1. The third kappa shape index (κ3) is 5.05. The summed E-state index contributed by atoms with van der Waals surface area (Å²) in [6, 6.07) is 15.1. The molecule has 1 saturated heterocycles. The first-order valence-corrected chi connectivity index (χ1v) is 12.6. The summed E-state index contributed by atoms with van der Waals surface area (Å²) in [6.07, 6.45) is 1.45. The Bertz CT molecular complexity index is 1520. The molecule has 1 aliphatic rings. The minimum Gasteiger partial charge on any atom is -0.493 e. The third-order valence-electron chi connectivity index (χ3n) is 4.89. The van der Waals surface area contributed by atoms with Gasteiger partial charge < -0.3 is 8.92 Å². The molecule has 36 heavy (non-hydrogen) atoms. The highest BCUT2D eigenvalue weighted by atomic mass is 35.5. The van der Waals surface area contributed by atoms with Crippen LogP contribution in [0, 0.1) is 10.1 Å². The molecule has 13 heteroatoms. The van der Waals surface area contributed by atoms with E-state index in [-0.39, 0.29) is 16.4 Å². The Morgan fingerprint density at radius 3 is 2.39 bits per heavy atom. The van der Waals surface area contributed by atoms with E-state index >= 15 is 0 Å². The van der Waals surface area contributed by atoms with Crippen molar-refractivity contribution in [2.24, 2.45) is 0 Å². The van der Waals surface area contributed by atoms with E-state index in [2.05, 4.69) is 0 Å². The molecule has 0 radical (unpaired) electrons. The van der Waals surface area contributed by atoms with Gasteiger partial charge in [0.15, 0.2) is 16.4 Å². The Kier molecular flexibility index (Phi) is 7.02. The van der Waals surface area contributed by atoms with E-state index in [1.807, 2.05) is 0 Å². The van der Waals surface area contributed by atoms with Crippen LogP contribution in [-0.4, -0.2) is 31.6 Å². The fourth-order valence-electron chi connectivity index (χ4n) is 3.26. The van der Waals surface area contributed by atoms with Crippen LogP contribution >= 0.6 is 23.4 Å². The molecule has 0 N–H and O–H groups in total. The second-order valence-electron chi connectivity index (χ2n) is 7.17. The van der Waals surface area contributed by atoms with Crippen molar-refractivity contribution in [3.63, 3.8) is 0 Å². The first-order chi connectivity index (χ1) is 17.1. The first kappa shape index (κ1) is 25.2. The lowest BCUT2D eigenvalue weighted by Gasteiger charge is -2.12. The largest absolute Gasteiger partial charge is 0.493 e. The average Bonchev–Trinajstić information content (AvgIpc) is 3.12. The highest BCUT2D eigenvalue weighted by Crippen LogP contribution is 2.38. The molecule has 3 aromatic rings. The second kappa shape index (κ2) is 10.0. The number of benzene rings is 3. The Morgan fingerprint density at radius 2 is 1.72 bits per heavy atom. The molecule has 10 nitrogen and oxygen atoms in total. The Hall–Kier alpha value is -3.87. The van der Waals surface area contributed by atoms with E-state index in [9.17, 15) is 28.1 Å². The summed E-state index contributed by atoms with van der Waals surface area (Å²) in [5, 5.41) is 11.2. The summed E-state index contributed by atoms with van der Waals surface area (Å²) in [5.41, 5.74) is 0.153. The molecule has 3 aromatic carbocycles. The molecule has 2 amide bonds. The topological polar surface area (TPSA) is 133 Å². The number of ether oxygens (including phenoxy) is 1. The molecule has 0 spiro atoms. The van der Waals surface area contributed by atoms with Gasteiger partial charge in [0.1, 0.15) is 0 Å². The van der Waals surface area contributed by atoms with Crippen LogP contribution in [0.1, 0.15) is 5.56 Å². The van der Waals surface area contributed by atoms with Crippen molar-refractivity contribution >= 4 is 62.1 Å². The van der Waals surface area contributed by atoms with Crippen LogP contribution in [0.4, 0.5) is 16.2 Å². The smallest absolute Gasteiger partial charge is 0.346 e. The zero-order valence-corrected chi connectivity index (χ0v) is 20.7. The molecule has 0 saturated carbocycles. The molecule has 4 rings (SSSR count). The molecular weight excluding hydrogens is 532 g/mol. The van der Waals surface area contributed by atoms with E-state index in [4.69, 9.17) is 20.5 Å². The van der Waals surface area contributed by atoms with Gasteiger partial charge in [0.25, 0.3) is 16.8 Å². The number of nitro groups is 1. The molecule has 0 aliphatic carbocycles. The van der Waals surface area contributed by atoms with Crippen LogP contribution in [0.25, 0.3) is 6.08 Å². The van der Waals surface area contributed by atoms with E-state index in [1.54, 1.807) is 24.3 Å². The zero-order chi connectivity index (χ0) is 26.0. The van der Waals surface area contributed by atoms with Crippen molar-refractivity contribution in [1.29, 1.82) is 0 Å². The van der Waals surface area contributed by atoms with Gasteiger partial charge in [-0.15, -0.1) is 0 Å². The number of carbonyl (C=O) groups is 2. The van der Waals surface area contributed by atoms with Gasteiger partial charge in [-0.25, -0.2) is 4.90 Å². The summed E-state index contributed by atoms with van der Waals surface area (Å²) >= 11 is 6.61. The van der Waals surface area contributed by atoms with Crippen LogP contribution in [0.3, 0.4) is 0 Å². The molecule has 1 fully saturated rings. The lowest BCUT2D eigenvalue weighted by Crippen LogP contribution is -2.27. The van der Waals surface area contributed by atoms with E-state index in [1.165, 1.54) is 43.5 Å². The van der Waals surface area contributed by atoms with Crippen molar-refractivity contribution in [2.45, 2.75) is 4.90 Å². The number of hydrogen-bond donors (Lipinski definition) is 0. The SMILES string of the molecule is COc1cc(/C=C2/SC(=O)N(c3ccc(Cl)cc3)C2=O)ccc1OS(=O)(=O)c1ccccc1[N+](=O)[O-]. The summed E-state index contributed by atoms with van der Waals surface area (Å²) in [7, 11) is -3.29. The molecule has 1 aliphatic heterocycles. The maximum absolute atomic E-state index is 12.9. The molecule has 0 unspecified atom stereocenters. The predicted molar refractivity (Wildman–Crippen MR) is 134 cm³/mol. The number of carbonyl (C=O) groups excluding carboxylic acids is 2. The minimum atomic E-state index is -4.57. The zero-order valence-electron chi connectivity index (χ0n) is 18.3. The maximum Gasteiger partial charge on any atom is 0.346 e. The molecule has 0 aromatic heterocycles. The van der Waals surface area contributed by atoms with Gasteiger partial charge in [-0.3, -0.25) is 19.7 Å². The van der Waals surface area contributed by atoms with Gasteiger partial charge in [-0.2, -0.15) is 8.42 Å². The fourth-order valence-corrected chi connectivity index (χ4v) is 5.33. The lowest BCUT2D eigenvalue weighted by atomic mass is 10.2. The quantitative estimate of drug-likeness (QED) is 0.168. The average molecular weight is 547 g/mol. The Morgan fingerprint density at radius 1 is 1.03 bits per heavy atom. The van der Waals surface area contributed by atoms with Gasteiger partial charge in [0.05, 0.1) is 22.6 Å². The van der Waals surface area contributed by atoms with Crippen molar-refractivity contribution < 1.29 is 31.9 Å². The molecule has 1 heterocycles. The highest BCUT2D eigenvalue weighted by molar-refractivity contribution is 8.19. The fraction of sp³-hybridized carbons (Fsp3) is 0.0435. The second-order valence-corrected chi connectivity index (χ2v) is 10.1. The third-order valence-corrected chi connectivity index (χ3v) is 7.30. The normalized spacial score (nSPS) is 14.8. The highest BCUT2D eigenvalue weighted by Gasteiger charge is 2.36. The van der Waals surface area contributed by atoms with Crippen molar-refractivity contribution in [3.8, 4) is 11.5 Å². The van der Waals surface area contributed by atoms with Gasteiger partial charge >= 0.3 is 10.1 Å². The van der Waals surface area contributed by atoms with Crippen molar-refractivity contribution in [1.82, 2.24) is 0 Å². The summed E-state index contributed by atoms with van der Waals surface area (Å²) in [5.74, 6) is -0.768. The van der Waals surface area contributed by atoms with E-state index in [0.717, 1.165) is 28.8 Å². The minimum absolute atomic E-state index is 0.0113. The number of nitro benzene ring substituents is 1. The van der Waals surface area contributed by atoms with Crippen LogP contribution in [0.2, 0.25) is 5.02 Å². The number of thioether (sulfide) groups is 1. The monoisotopic (exact) mass is 546 g/mol. The van der Waals surface area contributed by atoms with E-state index < -0.39 is 36.8 Å². The van der Waals surface area contributed by atoms with Crippen LogP contribution in [0.5, 0.6) is 11.5 Å². The Balaban J connectivity index is 1.62. The Labute approximate surface area is 214 Å². The number of imide groups is 1. The first-order valence-electron chi connectivity index (χ1n) is 10.00. The van der Waals surface area contributed by atoms with Crippen molar-refractivity contribution in [3.05, 3.63) is 92.3 Å². The summed E-state index contributed by atoms with van der Waals surface area (Å²) in [4.78, 5) is 36.2.